The summed E-state index contributed by atoms with van der Waals surface area (Å²) in [6.45, 7) is 0.553. The number of benzene rings is 2. The molecule has 0 fully saturated rings. The van der Waals surface area contributed by atoms with Gasteiger partial charge in [-0.25, -0.2) is 0 Å². The van der Waals surface area contributed by atoms with Crippen molar-refractivity contribution in [2.45, 2.75) is 12.5 Å². The summed E-state index contributed by atoms with van der Waals surface area (Å²) < 4.78 is 7.07. The second kappa shape index (κ2) is 6.52. The van der Waals surface area contributed by atoms with Crippen LogP contribution in [0.4, 0.5) is 0 Å². The summed E-state index contributed by atoms with van der Waals surface area (Å²) in [6, 6.07) is 12.6. The van der Waals surface area contributed by atoms with E-state index in [9.17, 15) is 4.79 Å². The third kappa shape index (κ3) is 3.06. The Morgan fingerprint density at radius 3 is 3.00 bits per heavy atom. The van der Waals surface area contributed by atoms with Crippen LogP contribution < -0.4 is 10.1 Å². The van der Waals surface area contributed by atoms with E-state index in [2.05, 4.69) is 20.8 Å². The zero-order valence-electron chi connectivity index (χ0n) is 13.1. The summed E-state index contributed by atoms with van der Waals surface area (Å²) in [5, 5.41) is 14.6. The highest BCUT2D eigenvalue weighted by molar-refractivity contribution is 6.31. The molecule has 1 aliphatic heterocycles. The Morgan fingerprint density at radius 1 is 1.28 bits per heavy atom. The number of para-hydroxylation sites is 1. The van der Waals surface area contributed by atoms with Gasteiger partial charge in [0.15, 0.2) is 0 Å². The van der Waals surface area contributed by atoms with Crippen molar-refractivity contribution in [3.63, 3.8) is 0 Å². The average Bonchev–Trinajstić information content (AvgIpc) is 3.16. The topological polar surface area (TPSA) is 81.9 Å². The highest BCUT2D eigenvalue weighted by Gasteiger charge is 2.24. The minimum Gasteiger partial charge on any atom is -0.493 e. The Morgan fingerprint density at radius 2 is 2.16 bits per heavy atom. The van der Waals surface area contributed by atoms with E-state index in [1.807, 2.05) is 24.3 Å². The third-order valence-electron chi connectivity index (χ3n) is 4.06. The molecule has 3 aromatic rings. The first-order valence-electron chi connectivity index (χ1n) is 7.78. The molecule has 1 aromatic heterocycles. The number of aromatic nitrogens is 4. The number of nitrogens with one attached hydrogen (secondary N) is 1. The molecule has 126 valence electrons. The van der Waals surface area contributed by atoms with Gasteiger partial charge in [-0.15, -0.1) is 5.10 Å². The number of halogens is 1. The molecule has 0 saturated heterocycles. The van der Waals surface area contributed by atoms with E-state index in [1.54, 1.807) is 18.2 Å². The predicted molar refractivity (Wildman–Crippen MR) is 90.9 cm³/mol. The van der Waals surface area contributed by atoms with Gasteiger partial charge in [-0.1, -0.05) is 29.8 Å². The summed E-state index contributed by atoms with van der Waals surface area (Å²) in [6.07, 6.45) is 2.13. The Bertz CT molecular complexity index is 913. The number of ether oxygens (including phenoxy) is 1. The molecule has 1 atom stereocenters. The molecule has 1 aliphatic rings. The Balaban J connectivity index is 1.66. The van der Waals surface area contributed by atoms with Crippen LogP contribution >= 0.6 is 11.6 Å². The summed E-state index contributed by atoms with van der Waals surface area (Å²) in [7, 11) is 0. The van der Waals surface area contributed by atoms with Gasteiger partial charge < -0.3 is 10.1 Å². The van der Waals surface area contributed by atoms with Crippen molar-refractivity contribution in [3.05, 3.63) is 64.9 Å². The Kier molecular flexibility index (Phi) is 4.07. The number of fused-ring (bicyclic) bond motifs is 1. The number of rotatable bonds is 3. The molecule has 25 heavy (non-hydrogen) atoms. The molecule has 7 nitrogen and oxygen atoms in total. The van der Waals surface area contributed by atoms with Crippen LogP contribution in [0.2, 0.25) is 5.02 Å². The molecule has 2 heterocycles. The van der Waals surface area contributed by atoms with Gasteiger partial charge in [-0.2, -0.15) is 4.68 Å². The van der Waals surface area contributed by atoms with Crippen LogP contribution in [0.5, 0.6) is 5.75 Å². The summed E-state index contributed by atoms with van der Waals surface area (Å²) in [5.74, 6) is 0.556. The maximum Gasteiger partial charge on any atom is 0.254 e. The lowest BCUT2D eigenvalue weighted by atomic mass is 10.00. The van der Waals surface area contributed by atoms with Crippen molar-refractivity contribution in [1.82, 2.24) is 25.5 Å². The number of hydrogen-bond acceptors (Lipinski definition) is 5. The SMILES string of the molecule is O=C(N[C@@H]1CCOc2ccccc21)c1cc(Cl)ccc1-n1cnnn1. The van der Waals surface area contributed by atoms with Crippen molar-refractivity contribution in [2.75, 3.05) is 6.61 Å². The monoisotopic (exact) mass is 355 g/mol. The van der Waals surface area contributed by atoms with E-state index in [1.165, 1.54) is 11.0 Å². The lowest BCUT2D eigenvalue weighted by Crippen LogP contribution is -2.32. The summed E-state index contributed by atoms with van der Waals surface area (Å²) in [5.41, 5.74) is 1.93. The second-order valence-corrected chi connectivity index (χ2v) is 6.05. The van der Waals surface area contributed by atoms with Crippen LogP contribution in [0.3, 0.4) is 0 Å². The highest BCUT2D eigenvalue weighted by Crippen LogP contribution is 2.32. The van der Waals surface area contributed by atoms with Crippen molar-refractivity contribution in [1.29, 1.82) is 0 Å². The van der Waals surface area contributed by atoms with E-state index in [-0.39, 0.29) is 11.9 Å². The maximum atomic E-state index is 12.9. The van der Waals surface area contributed by atoms with Crippen molar-refractivity contribution in [3.8, 4) is 11.4 Å². The zero-order valence-corrected chi connectivity index (χ0v) is 13.8. The van der Waals surface area contributed by atoms with Crippen LogP contribution in [0, 0.1) is 0 Å². The quantitative estimate of drug-likeness (QED) is 0.780. The van der Waals surface area contributed by atoms with Crippen LogP contribution in [0.15, 0.2) is 48.8 Å². The number of carbonyl (C=O) groups is 1. The minimum absolute atomic E-state index is 0.127. The number of nitrogens with zero attached hydrogens (tertiary/aromatic N) is 4. The normalized spacial score (nSPS) is 16.0. The Labute approximate surface area is 148 Å². The van der Waals surface area contributed by atoms with Gasteiger partial charge in [0.2, 0.25) is 0 Å². The predicted octanol–water partition coefficient (Wildman–Crippen LogP) is 2.57. The molecule has 0 spiro atoms. The van der Waals surface area contributed by atoms with E-state index < -0.39 is 0 Å². The molecule has 0 unspecified atom stereocenters. The molecular formula is C17H14ClN5O2. The average molecular weight is 356 g/mol. The Hall–Kier alpha value is -2.93. The van der Waals surface area contributed by atoms with Crippen molar-refractivity contribution < 1.29 is 9.53 Å². The molecule has 2 aromatic carbocycles. The van der Waals surface area contributed by atoms with Crippen LogP contribution in [0.25, 0.3) is 5.69 Å². The van der Waals surface area contributed by atoms with Gasteiger partial charge >= 0.3 is 0 Å². The van der Waals surface area contributed by atoms with Gasteiger partial charge in [-0.3, -0.25) is 4.79 Å². The molecular weight excluding hydrogens is 342 g/mol. The molecule has 0 aliphatic carbocycles. The van der Waals surface area contributed by atoms with Gasteiger partial charge in [-0.05, 0) is 34.7 Å². The molecule has 4 rings (SSSR count). The van der Waals surface area contributed by atoms with E-state index in [0.717, 1.165) is 11.3 Å². The fourth-order valence-corrected chi connectivity index (χ4v) is 3.06. The van der Waals surface area contributed by atoms with E-state index >= 15 is 0 Å². The van der Waals surface area contributed by atoms with Crippen molar-refractivity contribution in [2.24, 2.45) is 0 Å². The number of carbonyl (C=O) groups excluding carboxylic acids is 1. The van der Waals surface area contributed by atoms with Gasteiger partial charge in [0.05, 0.1) is 23.9 Å². The number of hydrogen-bond donors (Lipinski definition) is 1. The minimum atomic E-state index is -0.241. The highest BCUT2D eigenvalue weighted by atomic mass is 35.5. The van der Waals surface area contributed by atoms with E-state index in [0.29, 0.717) is 29.3 Å². The smallest absolute Gasteiger partial charge is 0.254 e. The van der Waals surface area contributed by atoms with Gasteiger partial charge in [0, 0.05) is 17.0 Å². The number of amides is 1. The van der Waals surface area contributed by atoms with Gasteiger partial charge in [0.25, 0.3) is 5.91 Å². The molecule has 0 radical (unpaired) electrons. The zero-order chi connectivity index (χ0) is 17.2. The van der Waals surface area contributed by atoms with Crippen molar-refractivity contribution >= 4 is 17.5 Å². The summed E-state index contributed by atoms with van der Waals surface area (Å²) in [4.78, 5) is 12.9. The number of tetrazole rings is 1. The first-order valence-corrected chi connectivity index (χ1v) is 8.15. The van der Waals surface area contributed by atoms with Crippen LogP contribution in [0.1, 0.15) is 28.4 Å². The second-order valence-electron chi connectivity index (χ2n) is 5.62. The van der Waals surface area contributed by atoms with Crippen LogP contribution in [-0.2, 0) is 0 Å². The molecule has 8 heteroatoms. The first-order chi connectivity index (χ1) is 12.2. The molecule has 1 amide bonds. The van der Waals surface area contributed by atoms with Gasteiger partial charge in [0.1, 0.15) is 12.1 Å². The largest absolute Gasteiger partial charge is 0.493 e. The van der Waals surface area contributed by atoms with Crippen LogP contribution in [-0.4, -0.2) is 32.7 Å². The molecule has 1 N–H and O–H groups in total. The third-order valence-corrected chi connectivity index (χ3v) is 4.30. The molecule has 0 saturated carbocycles. The fraction of sp³-hybridized carbons (Fsp3) is 0.176. The standard InChI is InChI=1S/C17H14ClN5O2/c18-11-5-6-15(23-10-19-21-22-23)13(9-11)17(24)20-14-7-8-25-16-4-2-1-3-12(14)16/h1-6,9-10,14H,7-8H2,(H,20,24)/t14-/m1/s1. The lowest BCUT2D eigenvalue weighted by molar-refractivity contribution is 0.0924. The molecule has 0 bridgehead atoms. The lowest BCUT2D eigenvalue weighted by Gasteiger charge is -2.26. The van der Waals surface area contributed by atoms with E-state index in [4.69, 9.17) is 16.3 Å². The summed E-state index contributed by atoms with van der Waals surface area (Å²) >= 11 is 6.09. The fourth-order valence-electron chi connectivity index (χ4n) is 2.89. The maximum absolute atomic E-state index is 12.9. The first kappa shape index (κ1) is 15.6.